The molecule has 0 spiro atoms. The molecular formula is C49H80O18. The second-order valence-corrected chi connectivity index (χ2v) is 23.7. The van der Waals surface area contributed by atoms with Gasteiger partial charge in [-0.05, 0) is 122 Å². The van der Waals surface area contributed by atoms with E-state index in [-0.39, 0.29) is 45.3 Å². The molecule has 384 valence electrons. The van der Waals surface area contributed by atoms with Crippen LogP contribution < -0.4 is 0 Å². The zero-order valence-corrected chi connectivity index (χ0v) is 40.4. The Labute approximate surface area is 393 Å². The molecule has 3 saturated heterocycles. The molecule has 11 N–H and O–H groups in total. The van der Waals surface area contributed by atoms with Crippen molar-refractivity contribution in [1.29, 1.82) is 0 Å². The van der Waals surface area contributed by atoms with E-state index in [1.54, 1.807) is 0 Å². The SMILES string of the molecule is C=C(C)C1CCC2(C(=O)OC3OC(COC4OC(CO)C(OC5OC(C)C(O)C(O)C5O)C(O)C4O)C(O)C(O)C3O)CCC3(C)C(CC(O)C4C5(C)CCC(O)C(C)(C)C5CCC43C)C12C. The van der Waals surface area contributed by atoms with Crippen molar-refractivity contribution < 1.29 is 89.4 Å². The third-order valence-electron chi connectivity index (χ3n) is 20.4. The van der Waals surface area contributed by atoms with E-state index in [1.807, 2.05) is 6.92 Å². The average molecular weight is 957 g/mol. The molecule has 0 aromatic rings. The van der Waals surface area contributed by atoms with E-state index in [0.717, 1.165) is 24.8 Å². The highest BCUT2D eigenvalue weighted by molar-refractivity contribution is 5.79. The lowest BCUT2D eigenvalue weighted by Gasteiger charge is -2.75. The second kappa shape index (κ2) is 17.9. The monoisotopic (exact) mass is 957 g/mol. The number of hydrogen-bond donors (Lipinski definition) is 11. The third kappa shape index (κ3) is 7.58. The molecule has 0 aromatic heterocycles. The van der Waals surface area contributed by atoms with E-state index in [1.165, 1.54) is 6.92 Å². The molecule has 26 atom stereocenters. The fourth-order valence-electron chi connectivity index (χ4n) is 16.5. The molecule has 8 fully saturated rings. The van der Waals surface area contributed by atoms with Crippen LogP contribution in [0.4, 0.5) is 0 Å². The van der Waals surface area contributed by atoms with Crippen LogP contribution >= 0.6 is 0 Å². The van der Waals surface area contributed by atoms with Crippen molar-refractivity contribution in [3.8, 4) is 0 Å². The molecule has 5 saturated carbocycles. The highest BCUT2D eigenvalue weighted by Crippen LogP contribution is 2.80. The Balaban J connectivity index is 0.993. The maximum absolute atomic E-state index is 15.2. The fraction of sp³-hybridized carbons (Fsp3) is 0.939. The molecule has 8 rings (SSSR count). The van der Waals surface area contributed by atoms with Gasteiger partial charge in [-0.25, -0.2) is 0 Å². The maximum Gasteiger partial charge on any atom is 0.315 e. The minimum Gasteiger partial charge on any atom is -0.432 e. The van der Waals surface area contributed by atoms with Gasteiger partial charge in [0.05, 0.1) is 36.9 Å². The van der Waals surface area contributed by atoms with Gasteiger partial charge >= 0.3 is 5.97 Å². The van der Waals surface area contributed by atoms with Crippen LogP contribution in [0.1, 0.15) is 113 Å². The molecule has 5 aliphatic carbocycles. The molecule has 3 aliphatic heterocycles. The number of hydrogen-bond acceptors (Lipinski definition) is 18. The third-order valence-corrected chi connectivity index (χ3v) is 20.4. The number of aliphatic hydroxyl groups is 11. The van der Waals surface area contributed by atoms with Gasteiger partial charge in [-0.3, -0.25) is 4.79 Å². The molecule has 0 aromatic carbocycles. The number of carbonyl (C=O) groups is 1. The van der Waals surface area contributed by atoms with E-state index in [9.17, 15) is 56.2 Å². The molecule has 18 nitrogen and oxygen atoms in total. The molecule has 3 heterocycles. The van der Waals surface area contributed by atoms with Gasteiger partial charge in [0.15, 0.2) is 12.6 Å². The topological polar surface area (TPSA) is 295 Å². The lowest BCUT2D eigenvalue weighted by molar-refractivity contribution is -0.362. The highest BCUT2D eigenvalue weighted by atomic mass is 16.8. The van der Waals surface area contributed by atoms with Crippen LogP contribution in [0.25, 0.3) is 0 Å². The summed E-state index contributed by atoms with van der Waals surface area (Å²) in [7, 11) is 0. The van der Waals surface area contributed by atoms with Gasteiger partial charge in [0.2, 0.25) is 6.29 Å². The van der Waals surface area contributed by atoms with Crippen molar-refractivity contribution >= 4 is 5.97 Å². The van der Waals surface area contributed by atoms with Crippen LogP contribution in [0.15, 0.2) is 12.2 Å². The summed E-state index contributed by atoms with van der Waals surface area (Å²) >= 11 is 0. The average Bonchev–Trinajstić information content (AvgIpc) is 3.60. The largest absolute Gasteiger partial charge is 0.432 e. The van der Waals surface area contributed by atoms with E-state index >= 15 is 4.79 Å². The minimum atomic E-state index is -1.87. The normalized spacial score (nSPS) is 56.2. The maximum atomic E-state index is 15.2. The molecule has 0 amide bonds. The number of rotatable bonds is 9. The summed E-state index contributed by atoms with van der Waals surface area (Å²) in [5.74, 6) is -0.654. The van der Waals surface area contributed by atoms with Crippen LogP contribution in [0.3, 0.4) is 0 Å². The number of aliphatic hydroxyl groups excluding tert-OH is 11. The van der Waals surface area contributed by atoms with Crippen LogP contribution in [0.5, 0.6) is 0 Å². The zero-order chi connectivity index (χ0) is 49.3. The molecule has 18 heteroatoms. The van der Waals surface area contributed by atoms with Gasteiger partial charge in [-0.15, -0.1) is 0 Å². The molecule has 8 aliphatic rings. The van der Waals surface area contributed by atoms with E-state index < -0.39 is 134 Å². The van der Waals surface area contributed by atoms with Crippen molar-refractivity contribution in [2.45, 2.75) is 218 Å². The van der Waals surface area contributed by atoms with Crippen molar-refractivity contribution in [1.82, 2.24) is 0 Å². The molecule has 0 bridgehead atoms. The van der Waals surface area contributed by atoms with Crippen molar-refractivity contribution in [3.05, 3.63) is 12.2 Å². The van der Waals surface area contributed by atoms with Gasteiger partial charge < -0.3 is 84.6 Å². The minimum absolute atomic E-state index is 0.0232. The number of esters is 1. The summed E-state index contributed by atoms with van der Waals surface area (Å²) in [5, 5.41) is 120. The summed E-state index contributed by atoms with van der Waals surface area (Å²) in [5.41, 5.74) is -2.03. The second-order valence-electron chi connectivity index (χ2n) is 23.7. The molecule has 26 unspecified atom stereocenters. The highest BCUT2D eigenvalue weighted by Gasteiger charge is 2.77. The van der Waals surface area contributed by atoms with Gasteiger partial charge in [-0.1, -0.05) is 53.7 Å². The van der Waals surface area contributed by atoms with E-state index in [2.05, 4.69) is 48.1 Å². The number of allylic oxidation sites excluding steroid dienone is 1. The number of carbonyl (C=O) groups excluding carboxylic acids is 1. The first kappa shape index (κ1) is 51.9. The predicted octanol–water partition coefficient (Wildman–Crippen LogP) is 0.385. The summed E-state index contributed by atoms with van der Waals surface area (Å²) in [6.07, 6.45) is -19.5. The Morgan fingerprint density at radius 2 is 1.28 bits per heavy atom. The van der Waals surface area contributed by atoms with Gasteiger partial charge in [0, 0.05) is 0 Å². The predicted molar refractivity (Wildman–Crippen MR) is 235 cm³/mol. The van der Waals surface area contributed by atoms with Gasteiger partial charge in [0.1, 0.15) is 67.1 Å². The van der Waals surface area contributed by atoms with Crippen molar-refractivity contribution in [2.24, 2.45) is 56.2 Å². The van der Waals surface area contributed by atoms with Crippen LogP contribution in [0, 0.1) is 56.2 Å². The van der Waals surface area contributed by atoms with Gasteiger partial charge in [0.25, 0.3) is 0 Å². The summed E-state index contributed by atoms with van der Waals surface area (Å²) < 4.78 is 34.8. The lowest BCUT2D eigenvalue weighted by atomic mass is 9.29. The number of fused-ring (bicyclic) bond motifs is 7. The van der Waals surface area contributed by atoms with Crippen LogP contribution in [-0.4, -0.2) is 180 Å². The Hall–Kier alpha value is -1.43. The molecule has 0 radical (unpaired) electrons. The Bertz CT molecular complexity index is 1830. The first-order valence-corrected chi connectivity index (χ1v) is 24.7. The fourth-order valence-corrected chi connectivity index (χ4v) is 16.5. The smallest absolute Gasteiger partial charge is 0.315 e. The standard InChI is InChI=1S/C49H80O18/c1-21(2)23-10-15-49(17-16-46(7)28(48(23,49)9)18-24(51)39-45(6)13-12-29(52)44(4,5)27(45)11-14-47(39,46)8)43(61)67-42-36(59)33(56)31(54)26(65-42)20-62-40-37(60)34(57)38(25(19-50)64-40)66-41-35(58)32(55)30(53)22(3)63-41/h22-42,50-60H,1,10-20H2,2-9H3. The first-order valence-electron chi connectivity index (χ1n) is 24.7. The van der Waals surface area contributed by atoms with E-state index in [4.69, 9.17) is 28.4 Å². The number of ether oxygens (including phenoxy) is 6. The Morgan fingerprint density at radius 1 is 0.657 bits per heavy atom. The van der Waals surface area contributed by atoms with Gasteiger partial charge in [-0.2, -0.15) is 0 Å². The van der Waals surface area contributed by atoms with Crippen LogP contribution in [0.2, 0.25) is 0 Å². The Morgan fingerprint density at radius 3 is 1.94 bits per heavy atom. The Kier molecular flexibility index (Phi) is 13.9. The molecule has 67 heavy (non-hydrogen) atoms. The van der Waals surface area contributed by atoms with Crippen LogP contribution in [-0.2, 0) is 33.2 Å². The molecular weight excluding hydrogens is 877 g/mol. The summed E-state index contributed by atoms with van der Waals surface area (Å²) in [6, 6.07) is 0. The van der Waals surface area contributed by atoms with Crippen molar-refractivity contribution in [2.75, 3.05) is 13.2 Å². The summed E-state index contributed by atoms with van der Waals surface area (Å²) in [4.78, 5) is 15.2. The van der Waals surface area contributed by atoms with Crippen molar-refractivity contribution in [3.63, 3.8) is 0 Å². The lowest BCUT2D eigenvalue weighted by Crippen LogP contribution is -2.72. The quantitative estimate of drug-likeness (QED) is 0.110. The van der Waals surface area contributed by atoms with E-state index in [0.29, 0.717) is 38.5 Å². The first-order chi connectivity index (χ1) is 31.2. The zero-order valence-electron chi connectivity index (χ0n) is 40.4. The summed E-state index contributed by atoms with van der Waals surface area (Å²) in [6.45, 7) is 20.0.